The van der Waals surface area contributed by atoms with Crippen molar-refractivity contribution in [3.63, 3.8) is 0 Å². The Kier molecular flexibility index (Phi) is 3.63. The molecule has 0 fully saturated rings. The fourth-order valence-electron chi connectivity index (χ4n) is 0.708. The van der Waals surface area contributed by atoms with Gasteiger partial charge < -0.3 is 5.32 Å². The van der Waals surface area contributed by atoms with Crippen LogP contribution in [0.25, 0.3) is 0 Å². The zero-order valence-electron chi connectivity index (χ0n) is 6.71. The fraction of sp³-hybridized carbons (Fsp3) is 0.286. The molecule has 0 aromatic carbocycles. The average Bonchev–Trinajstić information content (AvgIpc) is 2.16. The topological polar surface area (TPSA) is 74.8 Å². The predicted octanol–water partition coefficient (Wildman–Crippen LogP) is -0.219. The second-order valence-electron chi connectivity index (χ2n) is 2.32. The van der Waals surface area contributed by atoms with Crippen LogP contribution < -0.4 is 10.9 Å². The van der Waals surface area contributed by atoms with Gasteiger partial charge in [0.1, 0.15) is 0 Å². The Balaban J connectivity index is 2.50. The van der Waals surface area contributed by atoms with Gasteiger partial charge in [-0.3, -0.25) is 9.59 Å². The van der Waals surface area contributed by atoms with Gasteiger partial charge in [-0.15, -0.1) is 0 Å². The van der Waals surface area contributed by atoms with Gasteiger partial charge in [0.15, 0.2) is 0 Å². The standard InChI is InChI=1S/C7H8BrN3O2/c8-3-7(13)9-4-5-1-2-6(12)11-10-5/h1-2H,3-4H2,(H,9,13)(H,11,12). The van der Waals surface area contributed by atoms with Crippen LogP contribution in [0.3, 0.4) is 0 Å². The van der Waals surface area contributed by atoms with Crippen LogP contribution in [0, 0.1) is 0 Å². The zero-order chi connectivity index (χ0) is 9.68. The zero-order valence-corrected chi connectivity index (χ0v) is 8.30. The minimum Gasteiger partial charge on any atom is -0.350 e. The van der Waals surface area contributed by atoms with E-state index in [1.54, 1.807) is 6.07 Å². The Morgan fingerprint density at radius 3 is 2.92 bits per heavy atom. The molecule has 0 aliphatic rings. The summed E-state index contributed by atoms with van der Waals surface area (Å²) >= 11 is 3.01. The molecule has 0 spiro atoms. The molecule has 6 heteroatoms. The van der Waals surface area contributed by atoms with Crippen LogP contribution in [0.1, 0.15) is 5.69 Å². The normalized spacial score (nSPS) is 9.62. The van der Waals surface area contributed by atoms with Crippen molar-refractivity contribution in [2.75, 3.05) is 5.33 Å². The highest BCUT2D eigenvalue weighted by molar-refractivity contribution is 9.09. The van der Waals surface area contributed by atoms with Crippen molar-refractivity contribution in [1.82, 2.24) is 15.5 Å². The summed E-state index contributed by atoms with van der Waals surface area (Å²) in [6.45, 7) is 0.321. The summed E-state index contributed by atoms with van der Waals surface area (Å²) in [5.74, 6) is -0.118. The number of nitrogens with zero attached hydrogens (tertiary/aromatic N) is 1. The number of hydrogen-bond acceptors (Lipinski definition) is 3. The molecular formula is C7H8BrN3O2. The fourth-order valence-corrected chi connectivity index (χ4v) is 0.906. The van der Waals surface area contributed by atoms with Crippen molar-refractivity contribution in [3.05, 3.63) is 28.2 Å². The SMILES string of the molecule is O=C(CBr)NCc1ccc(=O)[nH]n1. The van der Waals surface area contributed by atoms with E-state index in [2.05, 4.69) is 31.4 Å². The number of carbonyl (C=O) groups is 1. The number of aromatic nitrogens is 2. The third-order valence-corrected chi connectivity index (χ3v) is 1.83. The quantitative estimate of drug-likeness (QED) is 0.724. The summed E-state index contributed by atoms with van der Waals surface area (Å²) in [6, 6.07) is 2.93. The van der Waals surface area contributed by atoms with Crippen LogP contribution in [-0.4, -0.2) is 21.4 Å². The van der Waals surface area contributed by atoms with E-state index in [9.17, 15) is 9.59 Å². The monoisotopic (exact) mass is 245 g/mol. The molecule has 0 saturated carbocycles. The number of hydrogen-bond donors (Lipinski definition) is 2. The molecular weight excluding hydrogens is 238 g/mol. The van der Waals surface area contributed by atoms with Gasteiger partial charge >= 0.3 is 0 Å². The highest BCUT2D eigenvalue weighted by atomic mass is 79.9. The minimum atomic E-state index is -0.254. The molecule has 0 bridgehead atoms. The van der Waals surface area contributed by atoms with E-state index in [4.69, 9.17) is 0 Å². The lowest BCUT2D eigenvalue weighted by Gasteiger charge is -2.00. The number of halogens is 1. The van der Waals surface area contributed by atoms with Gasteiger partial charge in [-0.05, 0) is 6.07 Å². The van der Waals surface area contributed by atoms with Gasteiger partial charge in [0.25, 0.3) is 5.56 Å². The molecule has 0 aliphatic carbocycles. The molecule has 13 heavy (non-hydrogen) atoms. The highest BCUT2D eigenvalue weighted by Gasteiger charge is 1.98. The molecule has 0 unspecified atom stereocenters. The van der Waals surface area contributed by atoms with Crippen LogP contribution in [0.2, 0.25) is 0 Å². The molecule has 5 nitrogen and oxygen atoms in total. The Bertz CT molecular complexity index is 329. The molecule has 0 atom stereocenters. The van der Waals surface area contributed by atoms with E-state index < -0.39 is 0 Å². The summed E-state index contributed by atoms with van der Waals surface area (Å²) in [5.41, 5.74) is 0.365. The van der Waals surface area contributed by atoms with E-state index in [0.29, 0.717) is 12.2 Å². The van der Waals surface area contributed by atoms with Crippen molar-refractivity contribution in [2.24, 2.45) is 0 Å². The first-order valence-corrected chi connectivity index (χ1v) is 4.72. The molecule has 1 rings (SSSR count). The first-order chi connectivity index (χ1) is 6.22. The van der Waals surface area contributed by atoms with E-state index in [1.807, 2.05) is 0 Å². The second kappa shape index (κ2) is 4.76. The third kappa shape index (κ3) is 3.37. The third-order valence-electron chi connectivity index (χ3n) is 1.32. The summed E-state index contributed by atoms with van der Waals surface area (Å²) in [6.07, 6.45) is 0. The molecule has 1 aromatic rings. The van der Waals surface area contributed by atoms with Crippen LogP contribution in [0.5, 0.6) is 0 Å². The molecule has 1 heterocycles. The Hall–Kier alpha value is -1.17. The van der Waals surface area contributed by atoms with E-state index in [0.717, 1.165) is 0 Å². The molecule has 0 aliphatic heterocycles. The van der Waals surface area contributed by atoms with Gasteiger partial charge in [0, 0.05) is 6.07 Å². The van der Waals surface area contributed by atoms with Crippen molar-refractivity contribution >= 4 is 21.8 Å². The number of carbonyl (C=O) groups excluding carboxylic acids is 1. The smallest absolute Gasteiger partial charge is 0.264 e. The second-order valence-corrected chi connectivity index (χ2v) is 2.88. The van der Waals surface area contributed by atoms with Gasteiger partial charge in [-0.25, -0.2) is 5.10 Å². The number of amides is 1. The van der Waals surface area contributed by atoms with Crippen LogP contribution in [0.4, 0.5) is 0 Å². The molecule has 1 amide bonds. The van der Waals surface area contributed by atoms with E-state index in [1.165, 1.54) is 6.07 Å². The molecule has 0 saturated heterocycles. The van der Waals surface area contributed by atoms with Gasteiger partial charge in [0.05, 0.1) is 17.6 Å². The summed E-state index contributed by atoms with van der Waals surface area (Å²) in [7, 11) is 0. The lowest BCUT2D eigenvalue weighted by atomic mass is 10.4. The molecule has 70 valence electrons. The lowest BCUT2D eigenvalue weighted by molar-refractivity contribution is -0.118. The summed E-state index contributed by atoms with van der Waals surface area (Å²) in [5, 5.41) is 8.85. The molecule has 2 N–H and O–H groups in total. The Labute approximate surface area is 82.7 Å². The van der Waals surface area contributed by atoms with Gasteiger partial charge in [-0.2, -0.15) is 5.10 Å². The van der Waals surface area contributed by atoms with Crippen molar-refractivity contribution < 1.29 is 4.79 Å². The maximum Gasteiger partial charge on any atom is 0.264 e. The first-order valence-electron chi connectivity index (χ1n) is 3.59. The van der Waals surface area contributed by atoms with Crippen molar-refractivity contribution in [2.45, 2.75) is 6.54 Å². The largest absolute Gasteiger partial charge is 0.350 e. The van der Waals surface area contributed by atoms with Crippen molar-refractivity contribution in [3.8, 4) is 0 Å². The van der Waals surface area contributed by atoms with E-state index in [-0.39, 0.29) is 16.8 Å². The maximum atomic E-state index is 10.8. The number of nitrogens with one attached hydrogen (secondary N) is 2. The molecule has 0 radical (unpaired) electrons. The van der Waals surface area contributed by atoms with Crippen LogP contribution >= 0.6 is 15.9 Å². The Morgan fingerprint density at radius 1 is 1.62 bits per heavy atom. The maximum absolute atomic E-state index is 10.8. The minimum absolute atomic E-state index is 0.118. The predicted molar refractivity (Wildman–Crippen MR) is 50.5 cm³/mol. The number of rotatable bonds is 3. The van der Waals surface area contributed by atoms with E-state index >= 15 is 0 Å². The van der Waals surface area contributed by atoms with Crippen LogP contribution in [0.15, 0.2) is 16.9 Å². The van der Waals surface area contributed by atoms with Crippen LogP contribution in [-0.2, 0) is 11.3 Å². The number of aromatic amines is 1. The van der Waals surface area contributed by atoms with Gasteiger partial charge in [-0.1, -0.05) is 15.9 Å². The van der Waals surface area contributed by atoms with Gasteiger partial charge in [0.2, 0.25) is 5.91 Å². The summed E-state index contributed by atoms with van der Waals surface area (Å²) < 4.78 is 0. The number of H-pyrrole nitrogens is 1. The highest BCUT2D eigenvalue weighted by Crippen LogP contribution is 1.87. The Morgan fingerprint density at radius 2 is 2.38 bits per heavy atom. The average molecular weight is 246 g/mol. The summed E-state index contributed by atoms with van der Waals surface area (Å²) in [4.78, 5) is 21.4. The first kappa shape index (κ1) is 9.91. The lowest BCUT2D eigenvalue weighted by Crippen LogP contribution is -2.24. The molecule has 1 aromatic heterocycles. The van der Waals surface area contributed by atoms with Crippen molar-refractivity contribution in [1.29, 1.82) is 0 Å². The number of alkyl halides is 1.